The number of halogens is 2. The van der Waals surface area contributed by atoms with Crippen LogP contribution in [0.5, 0.6) is 0 Å². The van der Waals surface area contributed by atoms with Crippen molar-refractivity contribution in [2.75, 3.05) is 5.32 Å². The van der Waals surface area contributed by atoms with Gasteiger partial charge in [-0.15, -0.1) is 0 Å². The van der Waals surface area contributed by atoms with E-state index < -0.39 is 11.5 Å². The summed E-state index contributed by atoms with van der Waals surface area (Å²) in [5, 5.41) is 12.7. The molecule has 0 atom stereocenters. The maximum Gasteiger partial charge on any atom is 0.263 e. The van der Waals surface area contributed by atoms with Crippen molar-refractivity contribution in [2.45, 2.75) is 6.92 Å². The molecule has 0 unspecified atom stereocenters. The van der Waals surface area contributed by atoms with Gasteiger partial charge < -0.3 is 5.32 Å². The molecule has 0 aliphatic carbocycles. The first-order chi connectivity index (χ1) is 15.9. The quantitative estimate of drug-likeness (QED) is 0.401. The Morgan fingerprint density at radius 3 is 2.58 bits per heavy atom. The first-order valence-electron chi connectivity index (χ1n) is 9.77. The molecule has 0 aliphatic rings. The first-order valence-corrected chi connectivity index (χ1v) is 10.5. The normalized spacial score (nSPS) is 11.1. The SMILES string of the molecule is Cc1cc(NC(=O)c2ccccc2Cl)n(-c2nc3c(cnn3-c3ccc(Cl)cc3)c(=O)[nH]2)n1. The number of aromatic nitrogens is 6. The highest BCUT2D eigenvalue weighted by Gasteiger charge is 2.18. The maximum absolute atomic E-state index is 12.8. The standard InChI is InChI=1S/C22H15Cl2N7O2/c1-12-10-18(26-20(32)15-4-2-3-5-17(15)24)31(29-12)22-27-19-16(21(33)28-22)11-25-30(19)14-8-6-13(23)7-9-14/h2-11H,1H3,(H,26,32)(H,27,28,33). The second kappa shape index (κ2) is 8.19. The van der Waals surface area contributed by atoms with Crippen LogP contribution in [0.3, 0.4) is 0 Å². The predicted molar refractivity (Wildman–Crippen MR) is 126 cm³/mol. The lowest BCUT2D eigenvalue weighted by molar-refractivity contribution is 0.102. The second-order valence-corrected chi connectivity index (χ2v) is 8.02. The van der Waals surface area contributed by atoms with E-state index in [-0.39, 0.29) is 5.95 Å². The third kappa shape index (κ3) is 3.88. The van der Waals surface area contributed by atoms with Crippen molar-refractivity contribution in [3.05, 3.63) is 92.5 Å². The van der Waals surface area contributed by atoms with Crippen molar-refractivity contribution in [3.8, 4) is 11.6 Å². The minimum Gasteiger partial charge on any atom is -0.306 e. The van der Waals surface area contributed by atoms with Gasteiger partial charge in [-0.05, 0) is 43.3 Å². The summed E-state index contributed by atoms with van der Waals surface area (Å²) in [6.45, 7) is 1.76. The summed E-state index contributed by atoms with van der Waals surface area (Å²) in [7, 11) is 0. The van der Waals surface area contributed by atoms with E-state index in [4.69, 9.17) is 23.2 Å². The largest absolute Gasteiger partial charge is 0.306 e. The van der Waals surface area contributed by atoms with Crippen LogP contribution in [0.1, 0.15) is 16.1 Å². The molecule has 2 aromatic carbocycles. The van der Waals surface area contributed by atoms with E-state index in [1.807, 2.05) is 0 Å². The van der Waals surface area contributed by atoms with Crippen LogP contribution in [0.25, 0.3) is 22.7 Å². The maximum atomic E-state index is 12.8. The Kier molecular flexibility index (Phi) is 5.20. The molecule has 0 spiro atoms. The number of nitrogens with zero attached hydrogens (tertiary/aromatic N) is 5. The minimum atomic E-state index is -0.420. The number of aromatic amines is 1. The summed E-state index contributed by atoms with van der Waals surface area (Å²) in [6.07, 6.45) is 1.44. The molecule has 0 saturated heterocycles. The lowest BCUT2D eigenvalue weighted by Crippen LogP contribution is -2.19. The van der Waals surface area contributed by atoms with Gasteiger partial charge in [0.05, 0.1) is 28.2 Å². The van der Waals surface area contributed by atoms with Gasteiger partial charge in [0, 0.05) is 11.1 Å². The summed E-state index contributed by atoms with van der Waals surface area (Å²) < 4.78 is 2.88. The summed E-state index contributed by atoms with van der Waals surface area (Å²) in [4.78, 5) is 32.8. The van der Waals surface area contributed by atoms with Gasteiger partial charge in [-0.2, -0.15) is 19.9 Å². The minimum absolute atomic E-state index is 0.116. The fourth-order valence-electron chi connectivity index (χ4n) is 3.36. The molecular weight excluding hydrogens is 465 g/mol. The molecule has 2 N–H and O–H groups in total. The number of benzene rings is 2. The topological polar surface area (TPSA) is 110 Å². The average Bonchev–Trinajstić information content (AvgIpc) is 3.38. The van der Waals surface area contributed by atoms with Crippen LogP contribution in [0.15, 0.2) is 65.6 Å². The molecular formula is C22H15Cl2N7O2. The van der Waals surface area contributed by atoms with Gasteiger partial charge >= 0.3 is 0 Å². The Hall–Kier alpha value is -3.95. The molecule has 3 heterocycles. The van der Waals surface area contributed by atoms with Gasteiger partial charge in [0.25, 0.3) is 11.5 Å². The summed E-state index contributed by atoms with van der Waals surface area (Å²) in [5.41, 5.74) is 1.53. The molecule has 9 nitrogen and oxygen atoms in total. The number of H-pyrrole nitrogens is 1. The summed E-state index contributed by atoms with van der Waals surface area (Å²) in [5.74, 6) is 0.0135. The smallest absolute Gasteiger partial charge is 0.263 e. The molecule has 5 rings (SSSR count). The van der Waals surface area contributed by atoms with Crippen molar-refractivity contribution in [1.82, 2.24) is 29.5 Å². The molecule has 1 amide bonds. The summed E-state index contributed by atoms with van der Waals surface area (Å²) >= 11 is 12.1. The molecule has 164 valence electrons. The second-order valence-electron chi connectivity index (χ2n) is 7.18. The number of aryl methyl sites for hydroxylation is 1. The molecule has 0 fully saturated rings. The van der Waals surface area contributed by atoms with Gasteiger partial charge in [-0.25, -0.2) is 4.68 Å². The Morgan fingerprint density at radius 1 is 1.06 bits per heavy atom. The number of nitrogens with one attached hydrogen (secondary N) is 2. The zero-order valence-electron chi connectivity index (χ0n) is 17.1. The van der Waals surface area contributed by atoms with Gasteiger partial charge in [-0.3, -0.25) is 14.6 Å². The van der Waals surface area contributed by atoms with Crippen LogP contribution in [0, 0.1) is 6.92 Å². The highest BCUT2D eigenvalue weighted by Crippen LogP contribution is 2.21. The lowest BCUT2D eigenvalue weighted by atomic mass is 10.2. The average molecular weight is 480 g/mol. The molecule has 5 aromatic rings. The Morgan fingerprint density at radius 2 is 1.82 bits per heavy atom. The third-order valence-corrected chi connectivity index (χ3v) is 5.47. The number of hydrogen-bond acceptors (Lipinski definition) is 5. The molecule has 0 aliphatic heterocycles. The van der Waals surface area contributed by atoms with Crippen LogP contribution < -0.4 is 10.9 Å². The number of hydrogen-bond donors (Lipinski definition) is 2. The molecule has 11 heteroatoms. The number of carbonyl (C=O) groups excluding carboxylic acids is 1. The van der Waals surface area contributed by atoms with Crippen molar-refractivity contribution >= 4 is 46.0 Å². The Bertz CT molecular complexity index is 1570. The predicted octanol–water partition coefficient (Wildman–Crippen LogP) is 4.16. The molecule has 0 bridgehead atoms. The highest BCUT2D eigenvalue weighted by molar-refractivity contribution is 6.34. The van der Waals surface area contributed by atoms with Crippen LogP contribution in [-0.2, 0) is 0 Å². The number of rotatable bonds is 4. The van der Waals surface area contributed by atoms with E-state index in [1.165, 1.54) is 15.6 Å². The van der Waals surface area contributed by atoms with Crippen molar-refractivity contribution in [1.29, 1.82) is 0 Å². The summed E-state index contributed by atoms with van der Waals surface area (Å²) in [6, 6.07) is 15.3. The zero-order chi connectivity index (χ0) is 23.1. The van der Waals surface area contributed by atoms with Gasteiger partial charge in [-0.1, -0.05) is 35.3 Å². The van der Waals surface area contributed by atoms with E-state index in [1.54, 1.807) is 61.5 Å². The number of carbonyl (C=O) groups is 1. The Balaban J connectivity index is 1.59. The fourth-order valence-corrected chi connectivity index (χ4v) is 3.70. The molecule has 0 saturated carbocycles. The highest BCUT2D eigenvalue weighted by atomic mass is 35.5. The number of anilines is 1. The van der Waals surface area contributed by atoms with E-state index in [2.05, 4.69) is 25.5 Å². The molecule has 0 radical (unpaired) electrons. The zero-order valence-corrected chi connectivity index (χ0v) is 18.6. The van der Waals surface area contributed by atoms with Crippen molar-refractivity contribution in [2.24, 2.45) is 0 Å². The van der Waals surface area contributed by atoms with E-state index in [0.717, 1.165) is 0 Å². The van der Waals surface area contributed by atoms with Gasteiger partial charge in [0.1, 0.15) is 11.2 Å². The lowest BCUT2D eigenvalue weighted by Gasteiger charge is -2.09. The van der Waals surface area contributed by atoms with E-state index in [0.29, 0.717) is 43.8 Å². The fraction of sp³-hybridized carbons (Fsp3) is 0.0455. The molecule has 33 heavy (non-hydrogen) atoms. The van der Waals surface area contributed by atoms with Crippen LogP contribution >= 0.6 is 23.2 Å². The van der Waals surface area contributed by atoms with Crippen LogP contribution in [0.4, 0.5) is 5.82 Å². The monoisotopic (exact) mass is 479 g/mol. The Labute approximate surface area is 196 Å². The van der Waals surface area contributed by atoms with Gasteiger partial charge in [0.15, 0.2) is 5.65 Å². The van der Waals surface area contributed by atoms with Gasteiger partial charge in [0.2, 0.25) is 5.95 Å². The van der Waals surface area contributed by atoms with Crippen molar-refractivity contribution < 1.29 is 4.79 Å². The third-order valence-electron chi connectivity index (χ3n) is 4.89. The van der Waals surface area contributed by atoms with Crippen LogP contribution in [-0.4, -0.2) is 35.4 Å². The van der Waals surface area contributed by atoms with Crippen molar-refractivity contribution in [3.63, 3.8) is 0 Å². The number of amides is 1. The van der Waals surface area contributed by atoms with E-state index in [9.17, 15) is 9.59 Å². The first kappa shape index (κ1) is 20.9. The number of fused-ring (bicyclic) bond motifs is 1. The van der Waals surface area contributed by atoms with E-state index >= 15 is 0 Å². The van der Waals surface area contributed by atoms with Crippen LogP contribution in [0.2, 0.25) is 10.0 Å². The molecule has 3 aromatic heterocycles.